The lowest BCUT2D eigenvalue weighted by Gasteiger charge is -2.41. The van der Waals surface area contributed by atoms with Gasteiger partial charge < -0.3 is 39.2 Å². The summed E-state index contributed by atoms with van der Waals surface area (Å²) in [6, 6.07) is 6.68. The maximum atomic E-state index is 14.7. The summed E-state index contributed by atoms with van der Waals surface area (Å²) in [6.45, 7) is 13.4. The fourth-order valence-corrected chi connectivity index (χ4v) is 12.3. The average molecular weight is 1040 g/mol. The first-order chi connectivity index (χ1) is 33.6. The Balaban J connectivity index is 1.39. The second kappa shape index (κ2) is 28.0. The molecule has 0 radical (unpaired) electrons. The van der Waals surface area contributed by atoms with Crippen LogP contribution in [0.5, 0.6) is 0 Å². The maximum Gasteiger partial charge on any atom is 0.307 e. The summed E-state index contributed by atoms with van der Waals surface area (Å²) < 4.78 is 72.0. The molecule has 1 saturated carbocycles. The average Bonchev–Trinajstić information content (AvgIpc) is 4.11. The molecule has 3 fully saturated rings. The van der Waals surface area contributed by atoms with E-state index in [9.17, 15) is 45.9 Å². The Kier molecular flexibility index (Phi) is 23.6. The number of fused-ring (bicyclic) bond motifs is 2. The van der Waals surface area contributed by atoms with Crippen molar-refractivity contribution in [3.63, 3.8) is 0 Å². The summed E-state index contributed by atoms with van der Waals surface area (Å²) in [4.78, 5) is 74.7. The number of aliphatic carboxylic acids is 1. The molecule has 2 N–H and O–H groups in total. The predicted molar refractivity (Wildman–Crippen MR) is 270 cm³/mol. The van der Waals surface area contributed by atoms with Gasteiger partial charge in [0.05, 0.1) is 86.4 Å². The Bertz CT molecular complexity index is 2140. The van der Waals surface area contributed by atoms with Gasteiger partial charge in [0, 0.05) is 58.1 Å². The molecule has 0 aromatic heterocycles. The molecule has 11 atom stereocenters. The number of piperidine rings is 1. The highest BCUT2D eigenvalue weighted by Gasteiger charge is 2.50. The maximum absolute atomic E-state index is 14.7. The molecule has 402 valence electrons. The van der Waals surface area contributed by atoms with Gasteiger partial charge in [0.15, 0.2) is 19.7 Å². The van der Waals surface area contributed by atoms with E-state index in [0.29, 0.717) is 25.8 Å². The zero-order valence-electron chi connectivity index (χ0n) is 43.2. The number of carbonyl (C=O) groups is 5. The highest BCUT2D eigenvalue weighted by Crippen LogP contribution is 2.42. The quantitative estimate of drug-likeness (QED) is 0.0954. The normalized spacial score (nSPS) is 22.4. The van der Waals surface area contributed by atoms with E-state index in [4.69, 9.17) is 18.9 Å². The number of carboxylic acids is 1. The summed E-state index contributed by atoms with van der Waals surface area (Å²) in [6.07, 6.45) is 2.90. The van der Waals surface area contributed by atoms with Crippen LogP contribution in [0.15, 0.2) is 42.3 Å². The molecule has 2 saturated heterocycles. The summed E-state index contributed by atoms with van der Waals surface area (Å²) in [5.74, 6) is -4.83. The molecule has 18 nitrogen and oxygen atoms in total. The van der Waals surface area contributed by atoms with E-state index in [1.807, 2.05) is 62.9 Å². The van der Waals surface area contributed by atoms with Gasteiger partial charge in [0.1, 0.15) is 11.8 Å². The fourth-order valence-electron chi connectivity index (χ4n) is 10.8. The number of amides is 3. The molecule has 1 aromatic carbocycles. The highest BCUT2D eigenvalue weighted by molar-refractivity contribution is 7.94. The van der Waals surface area contributed by atoms with Crippen LogP contribution in [0.2, 0.25) is 0 Å². The summed E-state index contributed by atoms with van der Waals surface area (Å²) in [5, 5.41) is 14.0. The Morgan fingerprint density at radius 1 is 0.901 bits per heavy atom. The van der Waals surface area contributed by atoms with Gasteiger partial charge in [-0.15, -0.1) is 0 Å². The van der Waals surface area contributed by atoms with Crippen molar-refractivity contribution in [1.82, 2.24) is 20.0 Å². The Hall–Kier alpha value is -3.79. The molecular weight excluding hydrogens is 957 g/mol. The van der Waals surface area contributed by atoms with Crippen molar-refractivity contribution in [2.75, 3.05) is 78.0 Å². The second-order valence-corrected chi connectivity index (χ2v) is 24.4. The third-order valence-electron chi connectivity index (χ3n) is 15.0. The molecule has 0 spiro atoms. The van der Waals surface area contributed by atoms with E-state index in [2.05, 4.69) is 11.9 Å². The first-order valence-corrected chi connectivity index (χ1v) is 28.8. The van der Waals surface area contributed by atoms with E-state index >= 15 is 0 Å². The zero-order valence-corrected chi connectivity index (χ0v) is 44.9. The lowest BCUT2D eigenvalue weighted by Crippen LogP contribution is -2.60. The number of hydrogen-bond donors (Lipinski definition) is 2. The van der Waals surface area contributed by atoms with Crippen LogP contribution in [0.25, 0.3) is 0 Å². The van der Waals surface area contributed by atoms with Crippen molar-refractivity contribution in [1.29, 1.82) is 0 Å². The van der Waals surface area contributed by atoms with Crippen LogP contribution < -0.4 is 5.32 Å². The van der Waals surface area contributed by atoms with Gasteiger partial charge in [0.2, 0.25) is 17.7 Å². The second-order valence-electron chi connectivity index (χ2n) is 20.0. The largest absolute Gasteiger partial charge is 0.481 e. The lowest BCUT2D eigenvalue weighted by atomic mass is 9.85. The predicted octanol–water partition coefficient (Wildman–Crippen LogP) is 3.81. The third kappa shape index (κ3) is 16.9. The monoisotopic (exact) mass is 1040 g/mol. The molecule has 4 rings (SSSR count). The van der Waals surface area contributed by atoms with Crippen LogP contribution in [-0.4, -0.2) is 187 Å². The zero-order chi connectivity index (χ0) is 52.6. The number of benzene rings is 1. The van der Waals surface area contributed by atoms with E-state index in [0.717, 1.165) is 30.2 Å². The molecule has 71 heavy (non-hydrogen) atoms. The topological polar surface area (TPSA) is 233 Å². The SMILES string of the molecule is C=CS(=O)(=O)CCOCCOCCS(=O)(=O)CCN1[C@H]2CC[C@@H](C2)[C@H]1C(=O)N[C@H](C(=O)N(C)[C@@H]([C@@H](C)CC)[C@@H](CC(=O)N1CCC[C@H]1[C@H](OC)[C@@H](C)C(=O)C[C@@H](Cc1ccccc1)C(=O)O)OC)C(C)C. The molecule has 1 aliphatic carbocycles. The van der Waals surface area contributed by atoms with Crippen LogP contribution in [0, 0.1) is 29.6 Å². The Labute approximate surface area is 422 Å². The number of ether oxygens (including phenoxy) is 4. The van der Waals surface area contributed by atoms with Crippen LogP contribution >= 0.6 is 0 Å². The van der Waals surface area contributed by atoms with Crippen molar-refractivity contribution >= 4 is 49.1 Å². The van der Waals surface area contributed by atoms with Crippen molar-refractivity contribution in [3.8, 4) is 0 Å². The summed E-state index contributed by atoms with van der Waals surface area (Å²) >= 11 is 0. The van der Waals surface area contributed by atoms with Crippen molar-refractivity contribution in [2.45, 2.75) is 135 Å². The number of rotatable bonds is 33. The van der Waals surface area contributed by atoms with Gasteiger partial charge in [-0.25, -0.2) is 16.8 Å². The number of hydrogen-bond acceptors (Lipinski definition) is 14. The van der Waals surface area contributed by atoms with Gasteiger partial charge in [0.25, 0.3) is 0 Å². The standard InChI is InChI=1S/C51H82N4O14S2/c1-10-35(5)46(43(66-8)33-44(57)55-21-15-18-41(55)48(67-9)36(6)42(56)32-39(51(60)61)30-37-16-13-12-14-17-37)53(7)50(59)45(34(3)4)52-49(58)47-38-19-20-40(31-38)54(47)22-27-71(64,65)29-26-69-24-23-68-25-28-70(62,63)11-2/h11-14,16-17,34-36,38-41,43,45-48H,2,10,15,18-33H2,1,3-9H3,(H,52,58)(H,60,61)/t35-,36-,38-,39+,40-,41-,43+,45-,46-,47-,48+/m0/s1. The number of likely N-dealkylation sites (tertiary alicyclic amines) is 2. The Morgan fingerprint density at radius 2 is 1.56 bits per heavy atom. The Morgan fingerprint density at radius 3 is 2.15 bits per heavy atom. The van der Waals surface area contributed by atoms with Crippen molar-refractivity contribution < 1.29 is 64.9 Å². The number of sulfone groups is 2. The van der Waals surface area contributed by atoms with Gasteiger partial charge in [-0.2, -0.15) is 0 Å². The van der Waals surface area contributed by atoms with E-state index in [1.54, 1.807) is 23.8 Å². The minimum atomic E-state index is -3.56. The number of nitrogens with one attached hydrogen (secondary N) is 1. The number of methoxy groups -OCH3 is 2. The number of nitrogens with zero attached hydrogens (tertiary/aromatic N) is 3. The number of likely N-dealkylation sites (N-methyl/N-ethyl adjacent to an activating group) is 1. The molecule has 20 heteroatoms. The van der Waals surface area contributed by atoms with Gasteiger partial charge in [-0.1, -0.05) is 78.0 Å². The smallest absolute Gasteiger partial charge is 0.307 e. The molecule has 0 unspecified atom stereocenters. The third-order valence-corrected chi connectivity index (χ3v) is 17.9. The number of carbonyl (C=O) groups excluding carboxylic acids is 4. The minimum absolute atomic E-state index is 0.0134. The van der Waals surface area contributed by atoms with Crippen LogP contribution in [0.1, 0.15) is 91.5 Å². The number of ketones is 1. The lowest BCUT2D eigenvalue weighted by molar-refractivity contribution is -0.148. The molecule has 3 amide bonds. The molecule has 2 aliphatic heterocycles. The van der Waals surface area contributed by atoms with E-state index in [-0.39, 0.29) is 117 Å². The molecule has 3 aliphatic rings. The summed E-state index contributed by atoms with van der Waals surface area (Å²) in [5.41, 5.74) is 0.822. The molecule has 1 aromatic rings. The van der Waals surface area contributed by atoms with E-state index < -0.39 is 73.9 Å². The van der Waals surface area contributed by atoms with Crippen molar-refractivity contribution in [2.24, 2.45) is 29.6 Å². The highest BCUT2D eigenvalue weighted by atomic mass is 32.2. The first kappa shape index (κ1) is 59.8. The van der Waals surface area contributed by atoms with Gasteiger partial charge in [-0.3, -0.25) is 28.9 Å². The van der Waals surface area contributed by atoms with Crippen LogP contribution in [0.4, 0.5) is 0 Å². The number of Topliss-reactive ketones (excluding diaryl/α,β-unsaturated/α-hetero) is 1. The van der Waals surface area contributed by atoms with E-state index in [1.165, 1.54) is 14.2 Å². The minimum Gasteiger partial charge on any atom is -0.481 e. The van der Waals surface area contributed by atoms with Crippen LogP contribution in [0.3, 0.4) is 0 Å². The summed E-state index contributed by atoms with van der Waals surface area (Å²) in [7, 11) is -2.24. The molecule has 2 heterocycles. The van der Waals surface area contributed by atoms with Crippen molar-refractivity contribution in [3.05, 3.63) is 47.9 Å². The molecular formula is C51H82N4O14S2. The van der Waals surface area contributed by atoms with Crippen LogP contribution in [-0.2, 0) is 69.0 Å². The first-order valence-electron chi connectivity index (χ1n) is 25.3. The van der Waals surface area contributed by atoms with Gasteiger partial charge >= 0.3 is 5.97 Å². The van der Waals surface area contributed by atoms with Gasteiger partial charge in [-0.05, 0) is 61.8 Å². The fraction of sp³-hybridized carbons (Fsp3) is 0.745. The number of carboxylic acid groups (broad SMARTS) is 1. The molecule has 2 bridgehead atoms.